The van der Waals surface area contributed by atoms with E-state index in [2.05, 4.69) is 123 Å². The summed E-state index contributed by atoms with van der Waals surface area (Å²) in [6, 6.07) is 27.8. The number of fused-ring (bicyclic) bond motifs is 1. The Labute approximate surface area is 232 Å². The highest BCUT2D eigenvalue weighted by Crippen LogP contribution is 2.22. The van der Waals surface area contributed by atoms with E-state index in [1.54, 1.807) is 0 Å². The second-order valence-electron chi connectivity index (χ2n) is 9.27. The first-order chi connectivity index (χ1) is 18.6. The summed E-state index contributed by atoms with van der Waals surface area (Å²) in [5, 5.41) is 3.61. The van der Waals surface area contributed by atoms with Gasteiger partial charge in [-0.1, -0.05) is 144 Å². The normalized spacial score (nSPS) is 15.4. The lowest BCUT2D eigenvalue weighted by Crippen LogP contribution is -2.17. The van der Waals surface area contributed by atoms with Crippen LogP contribution in [-0.4, -0.2) is 0 Å². The summed E-state index contributed by atoms with van der Waals surface area (Å²) < 4.78 is 0. The van der Waals surface area contributed by atoms with Crippen LogP contribution < -0.4 is 5.32 Å². The molecule has 0 spiro atoms. The van der Waals surface area contributed by atoms with Gasteiger partial charge in [-0.15, -0.1) is 0 Å². The van der Waals surface area contributed by atoms with E-state index in [0.717, 1.165) is 50.8 Å². The lowest BCUT2D eigenvalue weighted by Gasteiger charge is -2.19. The quantitative estimate of drug-likeness (QED) is 0.364. The molecule has 4 rings (SSSR count). The number of rotatable bonds is 5. The fourth-order valence-corrected chi connectivity index (χ4v) is 4.44. The molecular weight excluding hydrogens is 458 g/mol. The number of hydrogen-bond acceptors (Lipinski definition) is 1. The molecule has 0 aromatic heterocycles. The fraction of sp³-hybridized carbons (Fsp3) is 0.297. The number of benzene rings is 3. The van der Waals surface area contributed by atoms with Crippen LogP contribution in [0.2, 0.25) is 0 Å². The second kappa shape index (κ2) is 17.8. The summed E-state index contributed by atoms with van der Waals surface area (Å²) in [7, 11) is 0. The summed E-state index contributed by atoms with van der Waals surface area (Å²) in [6.45, 7) is 17.8. The number of hydrogen-bond donors (Lipinski definition) is 1. The van der Waals surface area contributed by atoms with Gasteiger partial charge in [0.15, 0.2) is 0 Å². The molecule has 0 saturated carbocycles. The van der Waals surface area contributed by atoms with Crippen LogP contribution in [0.25, 0.3) is 0 Å². The molecule has 0 fully saturated rings. The first kappa shape index (κ1) is 30.6. The van der Waals surface area contributed by atoms with E-state index in [-0.39, 0.29) is 0 Å². The van der Waals surface area contributed by atoms with Gasteiger partial charge >= 0.3 is 0 Å². The van der Waals surface area contributed by atoms with Crippen molar-refractivity contribution in [1.82, 2.24) is 5.32 Å². The highest BCUT2D eigenvalue weighted by atomic mass is 14.9. The zero-order chi connectivity index (χ0) is 27.6. The van der Waals surface area contributed by atoms with Gasteiger partial charge < -0.3 is 5.32 Å². The molecule has 0 aliphatic carbocycles. The van der Waals surface area contributed by atoms with Crippen molar-refractivity contribution in [2.75, 3.05) is 0 Å². The van der Waals surface area contributed by atoms with Crippen LogP contribution in [0.4, 0.5) is 0 Å². The SMILES string of the molecule is C=C1/C=C\C=C(\CCc2ccccc2)C(=C)NCc2c(CC)cccc2CC1.CC.CCc1ccccc1. The summed E-state index contributed by atoms with van der Waals surface area (Å²) >= 11 is 0. The largest absolute Gasteiger partial charge is 0.381 e. The monoisotopic (exact) mass is 505 g/mol. The van der Waals surface area contributed by atoms with Crippen molar-refractivity contribution in [1.29, 1.82) is 0 Å². The van der Waals surface area contributed by atoms with E-state index in [4.69, 9.17) is 0 Å². The summed E-state index contributed by atoms with van der Waals surface area (Å²) in [6.07, 6.45) is 12.7. The predicted octanol–water partition coefficient (Wildman–Crippen LogP) is 9.75. The Morgan fingerprint density at radius 1 is 0.711 bits per heavy atom. The molecule has 200 valence electrons. The van der Waals surface area contributed by atoms with Crippen LogP contribution in [0.5, 0.6) is 0 Å². The molecule has 1 nitrogen and oxygen atoms in total. The molecule has 0 bridgehead atoms. The van der Waals surface area contributed by atoms with Gasteiger partial charge in [0.05, 0.1) is 0 Å². The molecule has 0 atom stereocenters. The highest BCUT2D eigenvalue weighted by Gasteiger charge is 2.10. The zero-order valence-corrected chi connectivity index (χ0v) is 24.1. The molecule has 38 heavy (non-hydrogen) atoms. The van der Waals surface area contributed by atoms with E-state index in [1.165, 1.54) is 39.0 Å². The third-order valence-electron chi connectivity index (χ3n) is 6.74. The molecule has 3 aromatic carbocycles. The van der Waals surface area contributed by atoms with Crippen molar-refractivity contribution in [3.63, 3.8) is 0 Å². The molecule has 1 aliphatic rings. The van der Waals surface area contributed by atoms with Gasteiger partial charge in [-0.3, -0.25) is 0 Å². The molecule has 1 heteroatoms. The molecule has 0 saturated heterocycles. The maximum atomic E-state index is 4.35. The molecule has 0 unspecified atom stereocenters. The molecular formula is C37H47N. The highest BCUT2D eigenvalue weighted by molar-refractivity contribution is 5.39. The molecule has 1 N–H and O–H groups in total. The van der Waals surface area contributed by atoms with Crippen LogP contribution in [0.15, 0.2) is 127 Å². The van der Waals surface area contributed by atoms with Crippen LogP contribution in [0.3, 0.4) is 0 Å². The van der Waals surface area contributed by atoms with Gasteiger partial charge in [-0.2, -0.15) is 0 Å². The Bertz CT molecular complexity index is 1170. The van der Waals surface area contributed by atoms with Gasteiger partial charge in [0.25, 0.3) is 0 Å². The van der Waals surface area contributed by atoms with E-state index in [0.29, 0.717) is 0 Å². The second-order valence-corrected chi connectivity index (χ2v) is 9.27. The zero-order valence-electron chi connectivity index (χ0n) is 24.1. The van der Waals surface area contributed by atoms with Crippen LogP contribution >= 0.6 is 0 Å². The average Bonchev–Trinajstić information content (AvgIpc) is 2.98. The van der Waals surface area contributed by atoms with E-state index in [1.807, 2.05) is 19.9 Å². The van der Waals surface area contributed by atoms with Crippen LogP contribution in [0.1, 0.15) is 68.4 Å². The van der Waals surface area contributed by atoms with E-state index in [9.17, 15) is 0 Å². The predicted molar refractivity (Wildman–Crippen MR) is 168 cm³/mol. The van der Waals surface area contributed by atoms with Crippen LogP contribution in [0, 0.1) is 0 Å². The number of aryl methyl sites for hydroxylation is 4. The Balaban J connectivity index is 0.000000428. The van der Waals surface area contributed by atoms with E-state index < -0.39 is 0 Å². The topological polar surface area (TPSA) is 12.0 Å². The standard InChI is InChI=1S/C27H31N.C8H10.C2H6/c1-4-24-13-9-15-26-18-16-21(2)10-8-14-25(22(3)28-20-27(24)26)19-17-23-11-6-5-7-12-23;1-2-8-6-4-3-5-7-8;1-2/h5-15,28H,2-4,16-20H2,1H3;3-7H,2H2,1H3;1-2H3/b10-8-,25-14-;;. The number of allylic oxidation sites excluding steroid dienone is 5. The number of nitrogens with one attached hydrogen (secondary N) is 1. The first-order valence-electron chi connectivity index (χ1n) is 14.3. The van der Waals surface area contributed by atoms with Crippen LogP contribution in [-0.2, 0) is 32.2 Å². The van der Waals surface area contributed by atoms with Crippen molar-refractivity contribution in [3.8, 4) is 0 Å². The lowest BCUT2D eigenvalue weighted by atomic mass is 9.94. The first-order valence-corrected chi connectivity index (χ1v) is 14.3. The van der Waals surface area contributed by atoms with Crippen molar-refractivity contribution in [2.45, 2.75) is 72.8 Å². The lowest BCUT2D eigenvalue weighted by molar-refractivity contribution is 0.774. The summed E-state index contributed by atoms with van der Waals surface area (Å²) in [5.41, 5.74) is 10.5. The van der Waals surface area contributed by atoms with Gasteiger partial charge in [-0.25, -0.2) is 0 Å². The Morgan fingerprint density at radius 2 is 1.37 bits per heavy atom. The third kappa shape index (κ3) is 10.4. The van der Waals surface area contributed by atoms with Gasteiger partial charge in [0.1, 0.15) is 0 Å². The Hall–Kier alpha value is -3.58. The fourth-order valence-electron chi connectivity index (χ4n) is 4.44. The third-order valence-corrected chi connectivity index (χ3v) is 6.74. The Kier molecular flexibility index (Phi) is 14.4. The van der Waals surface area contributed by atoms with Crippen molar-refractivity contribution in [2.24, 2.45) is 0 Å². The van der Waals surface area contributed by atoms with E-state index >= 15 is 0 Å². The molecule has 0 amide bonds. The maximum absolute atomic E-state index is 4.35. The van der Waals surface area contributed by atoms with Crippen molar-refractivity contribution < 1.29 is 0 Å². The van der Waals surface area contributed by atoms with Gasteiger partial charge in [0.2, 0.25) is 0 Å². The van der Waals surface area contributed by atoms with Crippen molar-refractivity contribution >= 4 is 0 Å². The Morgan fingerprint density at radius 3 is 1.97 bits per heavy atom. The minimum Gasteiger partial charge on any atom is -0.381 e. The minimum atomic E-state index is 0.830. The van der Waals surface area contributed by atoms with Gasteiger partial charge in [0, 0.05) is 12.2 Å². The van der Waals surface area contributed by atoms with Crippen molar-refractivity contribution in [3.05, 3.63) is 155 Å². The summed E-state index contributed by atoms with van der Waals surface area (Å²) in [5.74, 6) is 0. The molecule has 3 aromatic rings. The molecule has 1 heterocycles. The van der Waals surface area contributed by atoms with Gasteiger partial charge in [-0.05, 0) is 71.9 Å². The summed E-state index contributed by atoms with van der Waals surface area (Å²) in [4.78, 5) is 0. The minimum absolute atomic E-state index is 0.830. The molecule has 0 radical (unpaired) electrons. The average molecular weight is 506 g/mol. The molecule has 1 aliphatic heterocycles. The smallest absolute Gasteiger partial charge is 0.0406 e. The maximum Gasteiger partial charge on any atom is 0.0406 e.